The zero-order valence-electron chi connectivity index (χ0n) is 10.7. The van der Waals surface area contributed by atoms with E-state index in [-0.39, 0.29) is 0 Å². The van der Waals surface area contributed by atoms with E-state index in [2.05, 4.69) is 40.3 Å². The molecule has 4 heteroatoms. The third kappa shape index (κ3) is 2.35. The highest BCUT2D eigenvalue weighted by molar-refractivity contribution is 7.16. The predicted octanol–water partition coefficient (Wildman–Crippen LogP) is 2.87. The number of fused-ring (bicyclic) bond motifs is 1. The molecule has 0 spiro atoms. The van der Waals surface area contributed by atoms with Gasteiger partial charge in [-0.25, -0.2) is 4.98 Å². The topological polar surface area (TPSA) is 28.2 Å². The molecule has 1 aromatic carbocycles. The number of rotatable bonds is 4. The van der Waals surface area contributed by atoms with Gasteiger partial charge in [-0.1, -0.05) is 6.92 Å². The van der Waals surface area contributed by atoms with Crippen molar-refractivity contribution in [1.29, 1.82) is 0 Å². The molecule has 18 heavy (non-hydrogen) atoms. The Morgan fingerprint density at radius 2 is 2.44 bits per heavy atom. The Balaban J connectivity index is 1.71. The third-order valence-corrected chi connectivity index (χ3v) is 4.34. The standard InChI is InChI=1S/C14H19N3S/c1-2-6-15-11-5-7-17(9-11)12-3-4-13-14(8-12)18-10-16-13/h3-4,8,10-11,15H,2,5-7,9H2,1H3. The van der Waals surface area contributed by atoms with Gasteiger partial charge in [-0.15, -0.1) is 11.3 Å². The van der Waals surface area contributed by atoms with Crippen LogP contribution in [-0.2, 0) is 0 Å². The zero-order valence-corrected chi connectivity index (χ0v) is 11.5. The SMILES string of the molecule is CCCNC1CCN(c2ccc3ncsc3c2)C1. The van der Waals surface area contributed by atoms with E-state index in [1.54, 1.807) is 11.3 Å². The van der Waals surface area contributed by atoms with Crippen molar-refractivity contribution in [1.82, 2.24) is 10.3 Å². The van der Waals surface area contributed by atoms with Crippen LogP contribution >= 0.6 is 11.3 Å². The van der Waals surface area contributed by atoms with Crippen molar-refractivity contribution in [3.05, 3.63) is 23.7 Å². The Morgan fingerprint density at radius 3 is 3.33 bits per heavy atom. The van der Waals surface area contributed by atoms with E-state index in [1.807, 2.05) is 5.51 Å². The second-order valence-corrected chi connectivity index (χ2v) is 5.78. The van der Waals surface area contributed by atoms with Crippen molar-refractivity contribution in [3.8, 4) is 0 Å². The molecule has 1 unspecified atom stereocenters. The molecule has 96 valence electrons. The molecular formula is C14H19N3S. The highest BCUT2D eigenvalue weighted by atomic mass is 32.1. The minimum Gasteiger partial charge on any atom is -0.370 e. The Kier molecular flexibility index (Phi) is 3.48. The molecule has 1 aromatic heterocycles. The maximum Gasteiger partial charge on any atom is 0.0813 e. The van der Waals surface area contributed by atoms with Crippen molar-refractivity contribution in [2.75, 3.05) is 24.5 Å². The number of nitrogens with one attached hydrogen (secondary N) is 1. The smallest absolute Gasteiger partial charge is 0.0813 e. The van der Waals surface area contributed by atoms with Crippen LogP contribution in [0.15, 0.2) is 23.7 Å². The summed E-state index contributed by atoms with van der Waals surface area (Å²) in [5.74, 6) is 0. The molecule has 0 bridgehead atoms. The Hall–Kier alpha value is -1.13. The molecule has 0 aliphatic carbocycles. The molecule has 0 amide bonds. The van der Waals surface area contributed by atoms with E-state index in [1.165, 1.54) is 23.2 Å². The maximum absolute atomic E-state index is 4.33. The van der Waals surface area contributed by atoms with E-state index in [0.29, 0.717) is 6.04 Å². The van der Waals surface area contributed by atoms with Gasteiger partial charge >= 0.3 is 0 Å². The second-order valence-electron chi connectivity index (χ2n) is 4.89. The average Bonchev–Trinajstić information content (AvgIpc) is 3.04. The van der Waals surface area contributed by atoms with Crippen molar-refractivity contribution in [2.24, 2.45) is 0 Å². The van der Waals surface area contributed by atoms with Crippen molar-refractivity contribution >= 4 is 27.2 Å². The molecule has 3 rings (SSSR count). The first-order chi connectivity index (χ1) is 8.86. The first kappa shape index (κ1) is 11.9. The second kappa shape index (κ2) is 5.24. The fraction of sp³-hybridized carbons (Fsp3) is 0.500. The minimum atomic E-state index is 0.655. The van der Waals surface area contributed by atoms with E-state index >= 15 is 0 Å². The lowest BCUT2D eigenvalue weighted by atomic mass is 10.2. The highest BCUT2D eigenvalue weighted by Gasteiger charge is 2.22. The van der Waals surface area contributed by atoms with Gasteiger partial charge in [0.15, 0.2) is 0 Å². The Bertz CT molecular complexity index is 522. The van der Waals surface area contributed by atoms with Crippen LogP contribution in [0.25, 0.3) is 10.2 Å². The van der Waals surface area contributed by atoms with Gasteiger partial charge in [0.2, 0.25) is 0 Å². The molecular weight excluding hydrogens is 242 g/mol. The summed E-state index contributed by atoms with van der Waals surface area (Å²) in [6.45, 7) is 5.64. The fourth-order valence-electron chi connectivity index (χ4n) is 2.55. The lowest BCUT2D eigenvalue weighted by molar-refractivity contribution is 0.549. The van der Waals surface area contributed by atoms with Gasteiger partial charge in [0.25, 0.3) is 0 Å². The molecule has 0 saturated carbocycles. The van der Waals surface area contributed by atoms with E-state index in [0.717, 1.165) is 25.2 Å². The monoisotopic (exact) mass is 261 g/mol. The summed E-state index contributed by atoms with van der Waals surface area (Å²) in [5, 5.41) is 3.61. The molecule has 2 heterocycles. The van der Waals surface area contributed by atoms with E-state index in [4.69, 9.17) is 0 Å². The lowest BCUT2D eigenvalue weighted by Gasteiger charge is -2.19. The van der Waals surface area contributed by atoms with Crippen LogP contribution in [0.2, 0.25) is 0 Å². The lowest BCUT2D eigenvalue weighted by Crippen LogP contribution is -2.32. The molecule has 1 fully saturated rings. The van der Waals surface area contributed by atoms with Gasteiger partial charge in [0, 0.05) is 24.8 Å². The Morgan fingerprint density at radius 1 is 1.50 bits per heavy atom. The van der Waals surface area contributed by atoms with Crippen LogP contribution in [0, 0.1) is 0 Å². The van der Waals surface area contributed by atoms with Crippen LogP contribution in [0.3, 0.4) is 0 Å². The largest absolute Gasteiger partial charge is 0.370 e. The van der Waals surface area contributed by atoms with Crippen LogP contribution in [-0.4, -0.2) is 30.7 Å². The fourth-order valence-corrected chi connectivity index (χ4v) is 3.26. The van der Waals surface area contributed by atoms with Crippen molar-refractivity contribution in [3.63, 3.8) is 0 Å². The molecule has 1 atom stereocenters. The molecule has 3 nitrogen and oxygen atoms in total. The van der Waals surface area contributed by atoms with Crippen LogP contribution in [0.4, 0.5) is 5.69 Å². The number of hydrogen-bond donors (Lipinski definition) is 1. The van der Waals surface area contributed by atoms with E-state index in [9.17, 15) is 0 Å². The quantitative estimate of drug-likeness (QED) is 0.917. The molecule has 1 N–H and O–H groups in total. The van der Waals surface area contributed by atoms with Gasteiger partial charge in [-0.2, -0.15) is 0 Å². The van der Waals surface area contributed by atoms with Crippen LogP contribution in [0.5, 0.6) is 0 Å². The number of hydrogen-bond acceptors (Lipinski definition) is 4. The van der Waals surface area contributed by atoms with Gasteiger partial charge in [-0.3, -0.25) is 0 Å². The number of aromatic nitrogens is 1. The summed E-state index contributed by atoms with van der Waals surface area (Å²) in [4.78, 5) is 6.81. The number of thiazole rings is 1. The normalized spacial score (nSPS) is 19.8. The molecule has 2 aromatic rings. The summed E-state index contributed by atoms with van der Waals surface area (Å²) in [6.07, 6.45) is 2.46. The van der Waals surface area contributed by atoms with Gasteiger partial charge < -0.3 is 10.2 Å². The number of anilines is 1. The molecule has 1 aliphatic heterocycles. The highest BCUT2D eigenvalue weighted by Crippen LogP contribution is 2.26. The molecule has 1 saturated heterocycles. The first-order valence-electron chi connectivity index (χ1n) is 6.68. The van der Waals surface area contributed by atoms with Gasteiger partial charge in [0.1, 0.15) is 0 Å². The van der Waals surface area contributed by atoms with Gasteiger partial charge in [0.05, 0.1) is 15.7 Å². The number of benzene rings is 1. The molecule has 1 aliphatic rings. The molecule has 0 radical (unpaired) electrons. The number of nitrogens with zero attached hydrogens (tertiary/aromatic N) is 2. The third-order valence-electron chi connectivity index (χ3n) is 3.55. The maximum atomic E-state index is 4.33. The summed E-state index contributed by atoms with van der Waals surface area (Å²) in [7, 11) is 0. The average molecular weight is 261 g/mol. The summed E-state index contributed by atoms with van der Waals surface area (Å²) < 4.78 is 1.29. The van der Waals surface area contributed by atoms with Crippen LogP contribution < -0.4 is 10.2 Å². The van der Waals surface area contributed by atoms with E-state index < -0.39 is 0 Å². The van der Waals surface area contributed by atoms with Crippen molar-refractivity contribution < 1.29 is 0 Å². The summed E-state index contributed by atoms with van der Waals surface area (Å²) in [5.41, 5.74) is 4.38. The first-order valence-corrected chi connectivity index (χ1v) is 7.56. The zero-order chi connectivity index (χ0) is 12.4. The van der Waals surface area contributed by atoms with Crippen LogP contribution in [0.1, 0.15) is 19.8 Å². The minimum absolute atomic E-state index is 0.655. The Labute approximate surface area is 112 Å². The summed E-state index contributed by atoms with van der Waals surface area (Å²) >= 11 is 1.72. The van der Waals surface area contributed by atoms with Crippen molar-refractivity contribution in [2.45, 2.75) is 25.8 Å². The van der Waals surface area contributed by atoms with Gasteiger partial charge in [-0.05, 0) is 37.6 Å². The predicted molar refractivity (Wildman–Crippen MR) is 78.5 cm³/mol. The summed E-state index contributed by atoms with van der Waals surface area (Å²) in [6, 6.07) is 7.26.